The van der Waals surface area contributed by atoms with Gasteiger partial charge in [-0.25, -0.2) is 0 Å². The molecule has 1 unspecified atom stereocenters. The van der Waals surface area contributed by atoms with E-state index in [1.165, 1.54) is 12.8 Å². The Morgan fingerprint density at radius 3 is 2.16 bits per heavy atom. The molecule has 0 bridgehead atoms. The van der Waals surface area contributed by atoms with E-state index in [1.54, 1.807) is 4.90 Å². The van der Waals surface area contributed by atoms with Crippen molar-refractivity contribution in [1.82, 2.24) is 10.2 Å². The van der Waals surface area contributed by atoms with Crippen LogP contribution in [0.1, 0.15) is 46.0 Å². The Bertz CT molecular complexity index is 298. The molecule has 0 radical (unpaired) electrons. The van der Waals surface area contributed by atoms with E-state index in [0.717, 1.165) is 25.8 Å². The first-order valence-electron chi connectivity index (χ1n) is 7.35. The number of hydrogen-bond donors (Lipinski definition) is 1. The molecule has 2 fully saturated rings. The number of nitrogens with one attached hydrogen (secondary N) is 1. The van der Waals surface area contributed by atoms with Crippen LogP contribution >= 0.6 is 0 Å². The molecule has 0 saturated heterocycles. The molecule has 0 spiro atoms. The van der Waals surface area contributed by atoms with Crippen LogP contribution in [0.15, 0.2) is 0 Å². The highest BCUT2D eigenvalue weighted by molar-refractivity contribution is 4.92. The van der Waals surface area contributed by atoms with Gasteiger partial charge in [0.05, 0.1) is 6.54 Å². The molecule has 0 aromatic carbocycles. The topological polar surface area (TPSA) is 15.3 Å². The molecule has 0 amide bonds. The summed E-state index contributed by atoms with van der Waals surface area (Å²) in [5.74, 6) is 0. The van der Waals surface area contributed by atoms with Crippen LogP contribution in [0.4, 0.5) is 13.2 Å². The number of halogens is 3. The average Bonchev–Trinajstić information content (AvgIpc) is 3.16. The van der Waals surface area contributed by atoms with Gasteiger partial charge in [-0.15, -0.1) is 0 Å². The zero-order valence-corrected chi connectivity index (χ0v) is 11.9. The van der Waals surface area contributed by atoms with Gasteiger partial charge < -0.3 is 5.32 Å². The highest BCUT2D eigenvalue weighted by Gasteiger charge is 2.41. The third kappa shape index (κ3) is 5.30. The standard InChI is InChI=1S/C14H25F3N2/c1-3-13(2,8-18-11-4-5-11)9-19(12-6-7-12)10-14(15,16)17/h11-12,18H,3-10H2,1-2H3. The number of hydrogen-bond acceptors (Lipinski definition) is 2. The summed E-state index contributed by atoms with van der Waals surface area (Å²) in [5, 5.41) is 3.47. The summed E-state index contributed by atoms with van der Waals surface area (Å²) >= 11 is 0. The normalized spacial score (nSPS) is 23.7. The van der Waals surface area contributed by atoms with Gasteiger partial charge in [-0.1, -0.05) is 13.8 Å². The van der Waals surface area contributed by atoms with Crippen LogP contribution in [-0.4, -0.2) is 42.8 Å². The van der Waals surface area contributed by atoms with E-state index in [0.29, 0.717) is 12.6 Å². The summed E-state index contributed by atoms with van der Waals surface area (Å²) < 4.78 is 37.9. The van der Waals surface area contributed by atoms with E-state index in [-0.39, 0.29) is 11.5 Å². The summed E-state index contributed by atoms with van der Waals surface area (Å²) in [6.45, 7) is 4.81. The highest BCUT2D eigenvalue weighted by atomic mass is 19.4. The highest BCUT2D eigenvalue weighted by Crippen LogP contribution is 2.34. The van der Waals surface area contributed by atoms with Gasteiger partial charge in [0.2, 0.25) is 0 Å². The van der Waals surface area contributed by atoms with Crippen molar-refractivity contribution < 1.29 is 13.2 Å². The summed E-state index contributed by atoms with van der Waals surface area (Å²) in [6.07, 6.45) is 1.11. The van der Waals surface area contributed by atoms with Crippen molar-refractivity contribution in [3.63, 3.8) is 0 Å². The lowest BCUT2D eigenvalue weighted by molar-refractivity contribution is -0.150. The minimum atomic E-state index is -4.08. The largest absolute Gasteiger partial charge is 0.401 e. The Morgan fingerprint density at radius 1 is 1.11 bits per heavy atom. The molecule has 0 heterocycles. The molecule has 2 rings (SSSR count). The Morgan fingerprint density at radius 2 is 1.74 bits per heavy atom. The molecule has 19 heavy (non-hydrogen) atoms. The predicted octanol–water partition coefficient (Wildman–Crippen LogP) is 3.18. The van der Waals surface area contributed by atoms with E-state index in [1.807, 2.05) is 0 Å². The molecule has 2 nitrogen and oxygen atoms in total. The van der Waals surface area contributed by atoms with E-state index in [4.69, 9.17) is 0 Å². The lowest BCUT2D eigenvalue weighted by Gasteiger charge is -2.35. The molecule has 1 atom stereocenters. The number of alkyl halides is 3. The summed E-state index contributed by atoms with van der Waals surface area (Å²) in [4.78, 5) is 1.65. The van der Waals surface area contributed by atoms with Crippen molar-refractivity contribution in [2.45, 2.75) is 64.2 Å². The van der Waals surface area contributed by atoms with Crippen molar-refractivity contribution in [2.75, 3.05) is 19.6 Å². The quantitative estimate of drug-likeness (QED) is 0.733. The van der Waals surface area contributed by atoms with Crippen LogP contribution in [-0.2, 0) is 0 Å². The first-order valence-corrected chi connectivity index (χ1v) is 7.35. The fraction of sp³-hybridized carbons (Fsp3) is 1.00. The van der Waals surface area contributed by atoms with Crippen molar-refractivity contribution in [1.29, 1.82) is 0 Å². The van der Waals surface area contributed by atoms with E-state index >= 15 is 0 Å². The van der Waals surface area contributed by atoms with Gasteiger partial charge in [0.1, 0.15) is 0 Å². The zero-order valence-electron chi connectivity index (χ0n) is 11.9. The summed E-state index contributed by atoms with van der Waals surface area (Å²) in [7, 11) is 0. The van der Waals surface area contributed by atoms with Crippen molar-refractivity contribution in [2.24, 2.45) is 5.41 Å². The fourth-order valence-electron chi connectivity index (χ4n) is 2.45. The maximum Gasteiger partial charge on any atom is 0.401 e. The van der Waals surface area contributed by atoms with Crippen molar-refractivity contribution >= 4 is 0 Å². The molecule has 112 valence electrons. The van der Waals surface area contributed by atoms with E-state index < -0.39 is 12.7 Å². The molecule has 5 heteroatoms. The Labute approximate surface area is 113 Å². The lowest BCUT2D eigenvalue weighted by Crippen LogP contribution is -2.46. The predicted molar refractivity (Wildman–Crippen MR) is 70.1 cm³/mol. The van der Waals surface area contributed by atoms with Crippen molar-refractivity contribution in [3.05, 3.63) is 0 Å². The van der Waals surface area contributed by atoms with Crippen LogP contribution in [0.5, 0.6) is 0 Å². The molecule has 0 aromatic rings. The van der Waals surface area contributed by atoms with Gasteiger partial charge in [0.15, 0.2) is 0 Å². The minimum absolute atomic E-state index is 0.0591. The molecule has 2 aliphatic carbocycles. The van der Waals surface area contributed by atoms with E-state index in [2.05, 4.69) is 19.2 Å². The first kappa shape index (κ1) is 15.1. The average molecular weight is 278 g/mol. The molecular weight excluding hydrogens is 253 g/mol. The van der Waals surface area contributed by atoms with Crippen LogP contribution < -0.4 is 5.32 Å². The summed E-state index contributed by atoms with van der Waals surface area (Å²) in [5.41, 5.74) is -0.0591. The molecule has 1 N–H and O–H groups in total. The summed E-state index contributed by atoms with van der Waals surface area (Å²) in [6, 6.07) is 0.774. The van der Waals surface area contributed by atoms with Crippen LogP contribution in [0.3, 0.4) is 0 Å². The van der Waals surface area contributed by atoms with Crippen LogP contribution in [0.25, 0.3) is 0 Å². The second-order valence-corrected chi connectivity index (χ2v) is 6.57. The third-order valence-electron chi connectivity index (χ3n) is 4.28. The fourth-order valence-corrected chi connectivity index (χ4v) is 2.45. The lowest BCUT2D eigenvalue weighted by atomic mass is 9.86. The second-order valence-electron chi connectivity index (χ2n) is 6.57. The monoisotopic (exact) mass is 278 g/mol. The number of nitrogens with zero attached hydrogens (tertiary/aromatic N) is 1. The first-order chi connectivity index (χ1) is 8.81. The van der Waals surface area contributed by atoms with Gasteiger partial charge >= 0.3 is 6.18 Å². The Kier molecular flexibility index (Phi) is 4.45. The third-order valence-corrected chi connectivity index (χ3v) is 4.28. The van der Waals surface area contributed by atoms with Crippen molar-refractivity contribution in [3.8, 4) is 0 Å². The van der Waals surface area contributed by atoms with Crippen LogP contribution in [0, 0.1) is 5.41 Å². The van der Waals surface area contributed by atoms with Gasteiger partial charge in [-0.2, -0.15) is 13.2 Å². The molecular formula is C14H25F3N2. The maximum atomic E-state index is 12.6. The second kappa shape index (κ2) is 5.60. The minimum Gasteiger partial charge on any atom is -0.313 e. The molecule has 2 saturated carbocycles. The molecule has 2 aliphatic rings. The smallest absolute Gasteiger partial charge is 0.313 e. The van der Waals surface area contributed by atoms with Crippen LogP contribution in [0.2, 0.25) is 0 Å². The van der Waals surface area contributed by atoms with Gasteiger partial charge in [-0.05, 0) is 37.5 Å². The Hall–Kier alpha value is -0.290. The van der Waals surface area contributed by atoms with Gasteiger partial charge in [-0.3, -0.25) is 4.90 Å². The maximum absolute atomic E-state index is 12.6. The van der Waals surface area contributed by atoms with Gasteiger partial charge in [0.25, 0.3) is 0 Å². The SMILES string of the molecule is CCC(C)(CNC1CC1)CN(CC(F)(F)F)C1CC1. The number of rotatable bonds is 8. The van der Waals surface area contributed by atoms with E-state index in [9.17, 15) is 13.2 Å². The molecule has 0 aromatic heterocycles. The molecule has 0 aliphatic heterocycles. The zero-order chi connectivity index (χ0) is 14.1. The van der Waals surface area contributed by atoms with Gasteiger partial charge in [0, 0.05) is 25.2 Å². The Balaban J connectivity index is 1.88.